The van der Waals surface area contributed by atoms with E-state index in [1.807, 2.05) is 6.92 Å². The van der Waals surface area contributed by atoms with Gasteiger partial charge >= 0.3 is 0 Å². The van der Waals surface area contributed by atoms with Gasteiger partial charge in [0.1, 0.15) is 0 Å². The van der Waals surface area contributed by atoms with Crippen molar-refractivity contribution in [1.82, 2.24) is 0 Å². The molecule has 2 aliphatic rings. The predicted octanol–water partition coefficient (Wildman–Crippen LogP) is 6.50. The van der Waals surface area contributed by atoms with Crippen molar-refractivity contribution in [1.29, 1.82) is 0 Å². The average Bonchev–Trinajstić information content (AvgIpc) is 2.99. The summed E-state index contributed by atoms with van der Waals surface area (Å²) in [5, 5.41) is 12.7. The van der Waals surface area contributed by atoms with Gasteiger partial charge in [-0.05, 0) is 73.8 Å². The molecule has 5 rings (SSSR count). The number of halogens is 3. The number of hydrogen-bond donors (Lipinski definition) is 2. The third-order valence-electron chi connectivity index (χ3n) is 8.29. The van der Waals surface area contributed by atoms with Crippen molar-refractivity contribution < 1.29 is 27.1 Å². The van der Waals surface area contributed by atoms with E-state index in [0.29, 0.717) is 18.4 Å². The Hall–Kier alpha value is -2.81. The van der Waals surface area contributed by atoms with Crippen LogP contribution in [0.4, 0.5) is 14.5 Å². The molecule has 9 heteroatoms. The fourth-order valence-electron chi connectivity index (χ4n) is 6.22. The largest absolute Gasteiger partial charge is 0.390 e. The third-order valence-corrected chi connectivity index (χ3v) is 10.9. The van der Waals surface area contributed by atoms with Gasteiger partial charge in [0.05, 0.1) is 20.8 Å². The number of nitrogens with one attached hydrogen (secondary N) is 1. The summed E-state index contributed by atoms with van der Waals surface area (Å²) in [7, 11) is -3.91. The van der Waals surface area contributed by atoms with E-state index in [-0.39, 0.29) is 44.5 Å². The van der Waals surface area contributed by atoms with E-state index in [9.17, 15) is 27.1 Å². The van der Waals surface area contributed by atoms with E-state index in [4.69, 9.17) is 11.6 Å². The minimum Gasteiger partial charge on any atom is -0.390 e. The second-order valence-corrected chi connectivity index (χ2v) is 13.3. The van der Waals surface area contributed by atoms with Crippen LogP contribution in [-0.4, -0.2) is 30.3 Å². The Kier molecular flexibility index (Phi) is 6.86. The second kappa shape index (κ2) is 9.74. The molecule has 2 fully saturated rings. The molecule has 0 saturated heterocycles. The van der Waals surface area contributed by atoms with Crippen LogP contribution in [0, 0.1) is 29.4 Å². The summed E-state index contributed by atoms with van der Waals surface area (Å²) >= 11 is 6.31. The molecule has 1 unspecified atom stereocenters. The van der Waals surface area contributed by atoms with Crippen LogP contribution in [0.5, 0.6) is 0 Å². The molecule has 2 N–H and O–H groups in total. The molecule has 3 aromatic carbocycles. The topological polar surface area (TPSA) is 83.5 Å². The van der Waals surface area contributed by atoms with Crippen LogP contribution in [-0.2, 0) is 9.84 Å². The average molecular weight is 560 g/mol. The molecule has 3 aromatic rings. The molecule has 2 bridgehead atoms. The first-order valence-corrected chi connectivity index (χ1v) is 14.4. The number of carbonyl (C=O) groups excluding carboxylic acids is 1. The molecule has 0 heterocycles. The summed E-state index contributed by atoms with van der Waals surface area (Å²) < 4.78 is 56.2. The van der Waals surface area contributed by atoms with Gasteiger partial charge in [0, 0.05) is 22.9 Å². The Morgan fingerprint density at radius 1 is 1.05 bits per heavy atom. The Morgan fingerprint density at radius 3 is 2.45 bits per heavy atom. The lowest BCUT2D eigenvalue weighted by Gasteiger charge is -2.40. The van der Waals surface area contributed by atoms with E-state index in [1.54, 1.807) is 37.3 Å². The normalized spacial score (nSPS) is 26.8. The Labute approximate surface area is 225 Å². The quantitative estimate of drug-likeness (QED) is 0.374. The zero-order chi connectivity index (χ0) is 27.4. The van der Waals surface area contributed by atoms with Gasteiger partial charge in [-0.25, -0.2) is 17.2 Å². The smallest absolute Gasteiger partial charge is 0.255 e. The zero-order valence-electron chi connectivity index (χ0n) is 20.9. The molecule has 2 saturated carbocycles. The Balaban J connectivity index is 1.42. The highest BCUT2D eigenvalue weighted by molar-refractivity contribution is 7.92. The SMILES string of the molecule is C[C@H]1CC2C[C@H](S(=O)(=O)c3cc(C(=O)Nc4cc(F)c(F)c(-c5ccccc5)c4)ccc3Cl)C[C@@H]1[C@@]2(C)O. The van der Waals surface area contributed by atoms with Crippen LogP contribution in [0.2, 0.25) is 5.02 Å². The molecular formula is C29H28ClF2NO4S. The van der Waals surface area contributed by atoms with Crippen LogP contribution in [0.25, 0.3) is 11.1 Å². The molecule has 200 valence electrons. The predicted molar refractivity (Wildman–Crippen MR) is 143 cm³/mol. The minimum atomic E-state index is -3.91. The number of benzene rings is 3. The first-order chi connectivity index (χ1) is 17.9. The van der Waals surface area contributed by atoms with Crippen molar-refractivity contribution in [3.8, 4) is 11.1 Å². The summed E-state index contributed by atoms with van der Waals surface area (Å²) in [6.45, 7) is 3.82. The van der Waals surface area contributed by atoms with E-state index >= 15 is 0 Å². The molecule has 0 spiro atoms. The van der Waals surface area contributed by atoms with E-state index in [1.165, 1.54) is 24.3 Å². The number of aliphatic hydroxyl groups is 1. The molecule has 2 aliphatic carbocycles. The molecule has 0 aliphatic heterocycles. The number of sulfone groups is 1. The van der Waals surface area contributed by atoms with Crippen molar-refractivity contribution in [3.63, 3.8) is 0 Å². The highest BCUT2D eigenvalue weighted by atomic mass is 35.5. The maximum atomic E-state index is 14.5. The molecular weight excluding hydrogens is 532 g/mol. The first-order valence-electron chi connectivity index (χ1n) is 12.5. The lowest BCUT2D eigenvalue weighted by Crippen LogP contribution is -2.46. The summed E-state index contributed by atoms with van der Waals surface area (Å²) in [6.07, 6.45) is 1.40. The number of fused-ring (bicyclic) bond motifs is 2. The van der Waals surface area contributed by atoms with Gasteiger partial charge in [-0.1, -0.05) is 48.9 Å². The van der Waals surface area contributed by atoms with Gasteiger partial charge in [-0.3, -0.25) is 4.79 Å². The highest BCUT2D eigenvalue weighted by Gasteiger charge is 2.56. The van der Waals surface area contributed by atoms with Gasteiger partial charge in [0.15, 0.2) is 21.5 Å². The monoisotopic (exact) mass is 559 g/mol. The molecule has 1 amide bonds. The van der Waals surface area contributed by atoms with Gasteiger partial charge in [0.2, 0.25) is 0 Å². The minimum absolute atomic E-state index is 0.00142. The maximum absolute atomic E-state index is 14.5. The molecule has 5 atom stereocenters. The first kappa shape index (κ1) is 26.8. The Morgan fingerprint density at radius 2 is 1.76 bits per heavy atom. The fraction of sp³-hybridized carbons (Fsp3) is 0.345. The van der Waals surface area contributed by atoms with Crippen molar-refractivity contribution >= 4 is 33.0 Å². The van der Waals surface area contributed by atoms with E-state index in [2.05, 4.69) is 5.32 Å². The number of rotatable bonds is 5. The molecule has 5 nitrogen and oxygen atoms in total. The van der Waals surface area contributed by atoms with E-state index < -0.39 is 38.2 Å². The lowest BCUT2D eigenvalue weighted by molar-refractivity contribution is -0.0466. The van der Waals surface area contributed by atoms with Gasteiger partial charge in [-0.2, -0.15) is 0 Å². The Bertz CT molecular complexity index is 1510. The van der Waals surface area contributed by atoms with Crippen LogP contribution < -0.4 is 5.32 Å². The molecule has 38 heavy (non-hydrogen) atoms. The van der Waals surface area contributed by atoms with Crippen molar-refractivity contribution in [2.24, 2.45) is 17.8 Å². The maximum Gasteiger partial charge on any atom is 0.255 e. The summed E-state index contributed by atoms with van der Waals surface area (Å²) in [5.41, 5.74) is -0.447. The van der Waals surface area contributed by atoms with Crippen molar-refractivity contribution in [3.05, 3.63) is 82.9 Å². The van der Waals surface area contributed by atoms with Gasteiger partial charge in [0.25, 0.3) is 5.91 Å². The standard InChI is InChI=1S/C29H28ClF2NO4S/c1-16-10-19-12-21(15-23(16)29(19,2)35)38(36,37)26-11-18(8-9-24(26)30)28(34)33-20-13-22(27(32)25(31)14-20)17-6-4-3-5-7-17/h3-9,11,13-14,16,19,21,23,35H,10,12,15H2,1-2H3,(H,33,34)/t16-,19?,21-,23-,29-/m0/s1. The lowest BCUT2D eigenvalue weighted by atomic mass is 9.74. The number of anilines is 1. The van der Waals surface area contributed by atoms with Crippen LogP contribution in [0.1, 0.15) is 43.5 Å². The van der Waals surface area contributed by atoms with E-state index in [0.717, 1.165) is 12.5 Å². The second-order valence-electron chi connectivity index (χ2n) is 10.7. The van der Waals surface area contributed by atoms with Crippen molar-refractivity contribution in [2.45, 2.75) is 48.9 Å². The summed E-state index contributed by atoms with van der Waals surface area (Å²) in [4.78, 5) is 12.9. The summed E-state index contributed by atoms with van der Waals surface area (Å²) in [6, 6.07) is 14.5. The molecule has 0 radical (unpaired) electrons. The van der Waals surface area contributed by atoms with Crippen LogP contribution in [0.3, 0.4) is 0 Å². The third kappa shape index (κ3) is 4.63. The van der Waals surface area contributed by atoms with Crippen LogP contribution >= 0.6 is 11.6 Å². The number of hydrogen-bond acceptors (Lipinski definition) is 4. The summed E-state index contributed by atoms with van der Waals surface area (Å²) in [5.74, 6) is -2.92. The number of amides is 1. The fourth-order valence-corrected chi connectivity index (χ4v) is 8.60. The highest BCUT2D eigenvalue weighted by Crippen LogP contribution is 2.54. The van der Waals surface area contributed by atoms with Crippen molar-refractivity contribution in [2.75, 3.05) is 5.32 Å². The van der Waals surface area contributed by atoms with Gasteiger partial charge in [-0.15, -0.1) is 0 Å². The van der Waals surface area contributed by atoms with Gasteiger partial charge < -0.3 is 10.4 Å². The molecule has 0 aromatic heterocycles. The number of carbonyl (C=O) groups is 1. The van der Waals surface area contributed by atoms with Crippen LogP contribution in [0.15, 0.2) is 65.6 Å². The zero-order valence-corrected chi connectivity index (χ0v) is 22.5.